The molecular weight excluding hydrogens is 270 g/mol. The number of carbonyl (C=O) groups excluding carboxylic acids is 1. The van der Waals surface area contributed by atoms with Gasteiger partial charge < -0.3 is 21.1 Å². The first kappa shape index (κ1) is 17.0. The van der Waals surface area contributed by atoms with Crippen molar-refractivity contribution in [3.63, 3.8) is 0 Å². The number of hydrogen-bond donors (Lipinski definition) is 4. The Hall–Kier alpha value is -2.08. The van der Waals surface area contributed by atoms with Crippen LogP contribution in [-0.4, -0.2) is 30.7 Å². The summed E-state index contributed by atoms with van der Waals surface area (Å²) in [5.41, 5.74) is 1.79. The summed E-state index contributed by atoms with van der Waals surface area (Å²) in [4.78, 5) is 22.5. The van der Waals surface area contributed by atoms with Gasteiger partial charge in [-0.15, -0.1) is 0 Å². The molecule has 0 saturated carbocycles. The number of amides is 2. The van der Waals surface area contributed by atoms with E-state index in [0.717, 1.165) is 12.1 Å². The van der Waals surface area contributed by atoms with Crippen molar-refractivity contribution in [3.05, 3.63) is 29.8 Å². The number of benzene rings is 1. The maximum atomic E-state index is 11.8. The van der Waals surface area contributed by atoms with Gasteiger partial charge in [-0.25, -0.2) is 4.79 Å². The molecule has 0 saturated heterocycles. The molecule has 6 nitrogen and oxygen atoms in total. The third kappa shape index (κ3) is 6.76. The van der Waals surface area contributed by atoms with Crippen molar-refractivity contribution >= 4 is 17.7 Å². The summed E-state index contributed by atoms with van der Waals surface area (Å²) in [7, 11) is 1.86. The van der Waals surface area contributed by atoms with Gasteiger partial charge >= 0.3 is 12.0 Å². The summed E-state index contributed by atoms with van der Waals surface area (Å²) in [6.07, 6.45) is 0.776. The van der Waals surface area contributed by atoms with Gasteiger partial charge in [0.05, 0.1) is 0 Å². The Bertz CT molecular complexity index is 477. The van der Waals surface area contributed by atoms with Crippen molar-refractivity contribution in [1.82, 2.24) is 10.6 Å². The molecule has 0 aliphatic rings. The minimum absolute atomic E-state index is 0.0520. The molecule has 0 radical (unpaired) electrons. The van der Waals surface area contributed by atoms with E-state index in [1.54, 1.807) is 0 Å². The van der Waals surface area contributed by atoms with Crippen molar-refractivity contribution in [2.24, 2.45) is 5.92 Å². The van der Waals surface area contributed by atoms with Crippen LogP contribution in [0.5, 0.6) is 0 Å². The van der Waals surface area contributed by atoms with Gasteiger partial charge in [0.25, 0.3) is 0 Å². The summed E-state index contributed by atoms with van der Waals surface area (Å²) in [5, 5.41) is 17.3. The Morgan fingerprint density at radius 3 is 2.71 bits per heavy atom. The van der Waals surface area contributed by atoms with E-state index in [1.165, 1.54) is 0 Å². The first-order valence-corrected chi connectivity index (χ1v) is 7.05. The lowest BCUT2D eigenvalue weighted by Gasteiger charge is -2.14. The van der Waals surface area contributed by atoms with Crippen LogP contribution in [0, 0.1) is 5.92 Å². The Balaban J connectivity index is 2.46. The number of carboxylic acids is 1. The molecule has 0 bridgehead atoms. The van der Waals surface area contributed by atoms with Crippen molar-refractivity contribution in [2.45, 2.75) is 26.3 Å². The number of hydrogen-bond acceptors (Lipinski definition) is 3. The van der Waals surface area contributed by atoms with Crippen LogP contribution in [0.25, 0.3) is 0 Å². The van der Waals surface area contributed by atoms with E-state index in [9.17, 15) is 9.59 Å². The van der Waals surface area contributed by atoms with Crippen molar-refractivity contribution in [3.8, 4) is 0 Å². The molecule has 1 atom stereocenters. The van der Waals surface area contributed by atoms with Crippen molar-refractivity contribution in [1.29, 1.82) is 0 Å². The van der Waals surface area contributed by atoms with Gasteiger partial charge in [0.2, 0.25) is 0 Å². The molecule has 2 amide bonds. The van der Waals surface area contributed by atoms with Gasteiger partial charge in [-0.05, 0) is 30.7 Å². The Kier molecular flexibility index (Phi) is 7.25. The summed E-state index contributed by atoms with van der Waals surface area (Å²) in [6.45, 7) is 2.99. The topological polar surface area (TPSA) is 90.5 Å². The zero-order valence-corrected chi connectivity index (χ0v) is 12.5. The number of aliphatic carboxylic acids is 1. The monoisotopic (exact) mass is 293 g/mol. The fraction of sp³-hybridized carbons (Fsp3) is 0.467. The summed E-state index contributed by atoms with van der Waals surface area (Å²) in [5.74, 6) is -0.896. The quantitative estimate of drug-likeness (QED) is 0.590. The lowest BCUT2D eigenvalue weighted by atomic mass is 10.0. The molecule has 1 rings (SSSR count). The molecule has 4 N–H and O–H groups in total. The zero-order valence-electron chi connectivity index (χ0n) is 12.5. The maximum absolute atomic E-state index is 11.8. The largest absolute Gasteiger partial charge is 0.481 e. The van der Waals surface area contributed by atoms with E-state index >= 15 is 0 Å². The predicted molar refractivity (Wildman–Crippen MR) is 82.3 cm³/mol. The van der Waals surface area contributed by atoms with E-state index in [0.29, 0.717) is 18.7 Å². The average Bonchev–Trinajstić information content (AvgIpc) is 2.44. The third-order valence-corrected chi connectivity index (χ3v) is 3.16. The van der Waals surface area contributed by atoms with E-state index in [-0.39, 0.29) is 18.4 Å². The van der Waals surface area contributed by atoms with Crippen molar-refractivity contribution < 1.29 is 14.7 Å². The number of urea groups is 1. The fourth-order valence-electron chi connectivity index (χ4n) is 1.98. The first-order valence-electron chi connectivity index (χ1n) is 7.05. The Labute approximate surface area is 124 Å². The number of carbonyl (C=O) groups is 2. The van der Waals surface area contributed by atoms with Crippen LogP contribution < -0.4 is 16.0 Å². The van der Waals surface area contributed by atoms with E-state index < -0.39 is 5.97 Å². The highest BCUT2D eigenvalue weighted by Gasteiger charge is 2.12. The van der Waals surface area contributed by atoms with E-state index in [1.807, 2.05) is 38.2 Å². The second-order valence-electron chi connectivity index (χ2n) is 4.94. The van der Waals surface area contributed by atoms with Gasteiger partial charge in [0, 0.05) is 25.2 Å². The minimum Gasteiger partial charge on any atom is -0.481 e. The van der Waals surface area contributed by atoms with Crippen LogP contribution in [0.15, 0.2) is 24.3 Å². The van der Waals surface area contributed by atoms with Crippen LogP contribution in [-0.2, 0) is 11.3 Å². The zero-order chi connectivity index (χ0) is 15.7. The minimum atomic E-state index is -0.844. The Morgan fingerprint density at radius 2 is 2.10 bits per heavy atom. The fourth-order valence-corrected chi connectivity index (χ4v) is 1.98. The molecule has 1 aromatic carbocycles. The second-order valence-corrected chi connectivity index (χ2v) is 4.94. The van der Waals surface area contributed by atoms with Crippen LogP contribution in [0.4, 0.5) is 10.5 Å². The molecule has 0 spiro atoms. The van der Waals surface area contributed by atoms with Crippen molar-refractivity contribution in [2.75, 3.05) is 18.9 Å². The van der Waals surface area contributed by atoms with E-state index in [2.05, 4.69) is 16.0 Å². The highest BCUT2D eigenvalue weighted by Crippen LogP contribution is 2.11. The molecule has 0 fully saturated rings. The average molecular weight is 293 g/mol. The SMILES string of the molecule is CCC(CNC(=O)Nc1cccc(CNC)c1)CC(=O)O. The molecule has 0 aromatic heterocycles. The van der Waals surface area contributed by atoms with Crippen LogP contribution in [0.2, 0.25) is 0 Å². The maximum Gasteiger partial charge on any atom is 0.319 e. The standard InChI is InChI=1S/C15H23N3O3/c1-3-11(8-14(19)20)10-17-15(21)18-13-6-4-5-12(7-13)9-16-2/h4-7,11,16H,3,8-10H2,1-2H3,(H,19,20)(H2,17,18,21). The number of nitrogens with one attached hydrogen (secondary N) is 3. The van der Waals surface area contributed by atoms with Gasteiger partial charge in [-0.2, -0.15) is 0 Å². The Morgan fingerprint density at radius 1 is 1.33 bits per heavy atom. The molecule has 6 heteroatoms. The predicted octanol–water partition coefficient (Wildman–Crippen LogP) is 2.03. The lowest BCUT2D eigenvalue weighted by molar-refractivity contribution is -0.138. The van der Waals surface area contributed by atoms with Crippen LogP contribution >= 0.6 is 0 Å². The third-order valence-electron chi connectivity index (χ3n) is 3.16. The first-order chi connectivity index (χ1) is 10.0. The van der Waals surface area contributed by atoms with Crippen LogP contribution in [0.3, 0.4) is 0 Å². The van der Waals surface area contributed by atoms with Gasteiger partial charge in [-0.1, -0.05) is 25.5 Å². The number of rotatable bonds is 8. The summed E-state index contributed by atoms with van der Waals surface area (Å²) >= 11 is 0. The number of anilines is 1. The van der Waals surface area contributed by atoms with Gasteiger partial charge in [0.15, 0.2) is 0 Å². The highest BCUT2D eigenvalue weighted by atomic mass is 16.4. The highest BCUT2D eigenvalue weighted by molar-refractivity contribution is 5.89. The molecule has 1 unspecified atom stereocenters. The van der Waals surface area contributed by atoms with Gasteiger partial charge in [0.1, 0.15) is 0 Å². The summed E-state index contributed by atoms with van der Waals surface area (Å²) < 4.78 is 0. The number of carboxylic acid groups (broad SMARTS) is 1. The molecule has 21 heavy (non-hydrogen) atoms. The molecular formula is C15H23N3O3. The molecule has 0 aliphatic heterocycles. The van der Waals surface area contributed by atoms with E-state index in [4.69, 9.17) is 5.11 Å². The smallest absolute Gasteiger partial charge is 0.319 e. The van der Waals surface area contributed by atoms with Crippen LogP contribution in [0.1, 0.15) is 25.3 Å². The normalized spacial score (nSPS) is 11.7. The lowest BCUT2D eigenvalue weighted by Crippen LogP contribution is -2.33. The molecule has 0 heterocycles. The molecule has 0 aliphatic carbocycles. The summed E-state index contributed by atoms with van der Waals surface area (Å²) in [6, 6.07) is 7.24. The second kappa shape index (κ2) is 8.97. The van der Waals surface area contributed by atoms with Gasteiger partial charge in [-0.3, -0.25) is 4.79 Å². The molecule has 1 aromatic rings. The molecule has 116 valence electrons.